The Morgan fingerprint density at radius 2 is 1.90 bits per heavy atom. The molecule has 0 saturated carbocycles. The van der Waals surface area contributed by atoms with Crippen molar-refractivity contribution >= 4 is 11.9 Å². The van der Waals surface area contributed by atoms with Crippen LogP contribution in [0.25, 0.3) is 11.4 Å². The first-order valence-electron chi connectivity index (χ1n) is 10.0. The van der Waals surface area contributed by atoms with E-state index in [1.54, 1.807) is 50.7 Å². The molecule has 1 atom stereocenters. The van der Waals surface area contributed by atoms with Gasteiger partial charge in [-0.05, 0) is 37.3 Å². The Bertz CT molecular complexity index is 1130. The van der Waals surface area contributed by atoms with E-state index in [1.165, 1.54) is 17.0 Å². The fourth-order valence-corrected chi connectivity index (χ4v) is 3.71. The highest BCUT2D eigenvalue weighted by Crippen LogP contribution is 2.22. The van der Waals surface area contributed by atoms with Crippen molar-refractivity contribution in [2.45, 2.75) is 13.0 Å². The number of nitrogens with zero attached hydrogens (tertiary/aromatic N) is 6. The van der Waals surface area contributed by atoms with E-state index in [0.29, 0.717) is 48.3 Å². The topological polar surface area (TPSA) is 93.5 Å². The van der Waals surface area contributed by atoms with Crippen LogP contribution in [0.1, 0.15) is 17.3 Å². The van der Waals surface area contributed by atoms with Gasteiger partial charge in [-0.25, -0.2) is 15.0 Å². The minimum absolute atomic E-state index is 0.0188. The maximum absolute atomic E-state index is 12.9. The predicted octanol–water partition coefficient (Wildman–Crippen LogP) is 1.60. The number of carbonyl (C=O) groups is 1. The summed E-state index contributed by atoms with van der Waals surface area (Å²) in [6.45, 7) is 3.65. The van der Waals surface area contributed by atoms with Gasteiger partial charge in [-0.15, -0.1) is 0 Å². The van der Waals surface area contributed by atoms with E-state index in [2.05, 4.69) is 14.9 Å². The molecule has 0 radical (unpaired) electrons. The molecule has 160 valence electrons. The first-order valence-corrected chi connectivity index (χ1v) is 10.0. The molecule has 1 fully saturated rings. The third-order valence-corrected chi connectivity index (χ3v) is 5.46. The second kappa shape index (κ2) is 8.55. The van der Waals surface area contributed by atoms with E-state index in [4.69, 9.17) is 9.72 Å². The van der Waals surface area contributed by atoms with Crippen LogP contribution in [0.3, 0.4) is 0 Å². The van der Waals surface area contributed by atoms with Gasteiger partial charge in [0.05, 0.1) is 18.5 Å². The SMILES string of the molecule is COc1ccc(C(=O)N2CCN(c3nc(-c4ccncn4)cc(=O)n3C)[C@H](C)C2)cc1. The van der Waals surface area contributed by atoms with Crippen LogP contribution in [-0.4, -0.2) is 63.1 Å². The first kappa shape index (κ1) is 20.5. The molecule has 1 aromatic carbocycles. The molecule has 1 aliphatic rings. The van der Waals surface area contributed by atoms with E-state index in [1.807, 2.05) is 11.8 Å². The Balaban J connectivity index is 1.55. The summed E-state index contributed by atoms with van der Waals surface area (Å²) >= 11 is 0. The molecule has 1 amide bonds. The van der Waals surface area contributed by atoms with Crippen LogP contribution in [0, 0.1) is 0 Å². The maximum atomic E-state index is 12.9. The Kier molecular flexibility index (Phi) is 5.66. The third-order valence-electron chi connectivity index (χ3n) is 5.46. The Hall–Kier alpha value is -3.75. The monoisotopic (exact) mass is 420 g/mol. The lowest BCUT2D eigenvalue weighted by atomic mass is 10.1. The minimum Gasteiger partial charge on any atom is -0.497 e. The van der Waals surface area contributed by atoms with Gasteiger partial charge in [0.1, 0.15) is 12.1 Å². The molecule has 0 spiro atoms. The maximum Gasteiger partial charge on any atom is 0.255 e. The smallest absolute Gasteiger partial charge is 0.255 e. The molecule has 3 heterocycles. The molecule has 0 unspecified atom stereocenters. The zero-order valence-electron chi connectivity index (χ0n) is 17.7. The summed E-state index contributed by atoms with van der Waals surface area (Å²) in [6, 6.07) is 10.3. The largest absolute Gasteiger partial charge is 0.497 e. The van der Waals surface area contributed by atoms with E-state index in [9.17, 15) is 9.59 Å². The van der Waals surface area contributed by atoms with Crippen molar-refractivity contribution in [1.29, 1.82) is 0 Å². The summed E-state index contributed by atoms with van der Waals surface area (Å²) in [4.78, 5) is 42.2. The highest BCUT2D eigenvalue weighted by atomic mass is 16.5. The molecule has 0 aliphatic carbocycles. The van der Waals surface area contributed by atoms with Gasteiger partial charge < -0.3 is 14.5 Å². The van der Waals surface area contributed by atoms with Gasteiger partial charge in [-0.3, -0.25) is 14.2 Å². The van der Waals surface area contributed by atoms with Gasteiger partial charge >= 0.3 is 0 Å². The number of piperazine rings is 1. The number of methoxy groups -OCH3 is 1. The van der Waals surface area contributed by atoms with Crippen LogP contribution in [0.2, 0.25) is 0 Å². The summed E-state index contributed by atoms with van der Waals surface area (Å²) in [7, 11) is 3.30. The number of rotatable bonds is 4. The standard InChI is InChI=1S/C22H24N6O3/c1-15-13-27(21(30)16-4-6-17(31-3)7-5-16)10-11-28(15)22-25-19(12-20(29)26(22)2)18-8-9-23-14-24-18/h4-9,12,14-15H,10-11,13H2,1-3H3/t15-/m1/s1. The lowest BCUT2D eigenvalue weighted by molar-refractivity contribution is 0.0725. The molecule has 0 N–H and O–H groups in total. The molecule has 4 rings (SSSR count). The number of ether oxygens (including phenoxy) is 1. The molecule has 9 nitrogen and oxygen atoms in total. The molecule has 31 heavy (non-hydrogen) atoms. The number of amides is 1. The molecule has 2 aromatic heterocycles. The van der Waals surface area contributed by atoms with Gasteiger partial charge in [0.25, 0.3) is 11.5 Å². The molecule has 1 saturated heterocycles. The van der Waals surface area contributed by atoms with E-state index >= 15 is 0 Å². The van der Waals surface area contributed by atoms with Gasteiger partial charge in [0, 0.05) is 50.6 Å². The summed E-state index contributed by atoms with van der Waals surface area (Å²) in [5.41, 5.74) is 1.56. The van der Waals surface area contributed by atoms with E-state index < -0.39 is 0 Å². The van der Waals surface area contributed by atoms with Crippen LogP contribution in [0.15, 0.2) is 53.7 Å². The van der Waals surface area contributed by atoms with Crippen LogP contribution in [0.5, 0.6) is 5.75 Å². The van der Waals surface area contributed by atoms with Gasteiger partial charge in [-0.1, -0.05) is 0 Å². The number of benzene rings is 1. The van der Waals surface area contributed by atoms with Crippen molar-refractivity contribution in [3.05, 3.63) is 64.8 Å². The second-order valence-corrected chi connectivity index (χ2v) is 7.46. The highest BCUT2D eigenvalue weighted by molar-refractivity contribution is 5.94. The highest BCUT2D eigenvalue weighted by Gasteiger charge is 2.29. The number of anilines is 1. The summed E-state index contributed by atoms with van der Waals surface area (Å²) in [5, 5.41) is 0. The first-order chi connectivity index (χ1) is 15.0. The molecule has 3 aromatic rings. The summed E-state index contributed by atoms with van der Waals surface area (Å²) in [6.07, 6.45) is 3.05. The average molecular weight is 420 g/mol. The average Bonchev–Trinajstić information content (AvgIpc) is 2.81. The number of carbonyl (C=O) groups excluding carboxylic acids is 1. The molecular weight excluding hydrogens is 396 g/mol. The fraction of sp³-hybridized carbons (Fsp3) is 0.318. The zero-order valence-corrected chi connectivity index (χ0v) is 17.7. The van der Waals surface area contributed by atoms with Crippen LogP contribution >= 0.6 is 0 Å². The number of aromatic nitrogens is 4. The van der Waals surface area contributed by atoms with Crippen molar-refractivity contribution in [2.75, 3.05) is 31.6 Å². The van der Waals surface area contributed by atoms with Crippen LogP contribution in [0.4, 0.5) is 5.95 Å². The molecular formula is C22H24N6O3. The Morgan fingerprint density at radius 3 is 2.55 bits per heavy atom. The van der Waals surface area contributed by atoms with Crippen molar-refractivity contribution in [3.8, 4) is 17.1 Å². The van der Waals surface area contributed by atoms with Crippen molar-refractivity contribution < 1.29 is 9.53 Å². The molecule has 0 bridgehead atoms. The Labute approximate surface area is 180 Å². The summed E-state index contributed by atoms with van der Waals surface area (Å²) < 4.78 is 6.69. The predicted molar refractivity (Wildman–Crippen MR) is 116 cm³/mol. The van der Waals surface area contributed by atoms with Crippen LogP contribution < -0.4 is 15.2 Å². The molecule has 9 heteroatoms. The second-order valence-electron chi connectivity index (χ2n) is 7.46. The third kappa shape index (κ3) is 4.11. The number of hydrogen-bond donors (Lipinski definition) is 0. The molecule has 1 aliphatic heterocycles. The van der Waals surface area contributed by atoms with Crippen molar-refractivity contribution in [1.82, 2.24) is 24.4 Å². The van der Waals surface area contributed by atoms with Crippen molar-refractivity contribution in [3.63, 3.8) is 0 Å². The quantitative estimate of drug-likeness (QED) is 0.633. The van der Waals surface area contributed by atoms with Crippen LogP contribution in [-0.2, 0) is 7.05 Å². The van der Waals surface area contributed by atoms with E-state index in [0.717, 1.165) is 0 Å². The lowest BCUT2D eigenvalue weighted by Gasteiger charge is -2.40. The fourth-order valence-electron chi connectivity index (χ4n) is 3.71. The van der Waals surface area contributed by atoms with Gasteiger partial charge in [0.15, 0.2) is 0 Å². The minimum atomic E-state index is -0.164. The van der Waals surface area contributed by atoms with Crippen molar-refractivity contribution in [2.24, 2.45) is 7.05 Å². The summed E-state index contributed by atoms with van der Waals surface area (Å²) in [5.74, 6) is 1.25. The van der Waals surface area contributed by atoms with E-state index in [-0.39, 0.29) is 17.5 Å². The van der Waals surface area contributed by atoms with Gasteiger partial charge in [-0.2, -0.15) is 0 Å². The number of hydrogen-bond acceptors (Lipinski definition) is 7. The van der Waals surface area contributed by atoms with Gasteiger partial charge in [0.2, 0.25) is 5.95 Å². The Morgan fingerprint density at radius 1 is 1.13 bits per heavy atom. The zero-order chi connectivity index (χ0) is 22.0. The lowest BCUT2D eigenvalue weighted by Crippen LogP contribution is -2.55. The normalized spacial score (nSPS) is 16.3.